The lowest BCUT2D eigenvalue weighted by Gasteiger charge is -2.19. The van der Waals surface area contributed by atoms with Crippen molar-refractivity contribution in [3.8, 4) is 11.5 Å². The van der Waals surface area contributed by atoms with Gasteiger partial charge in [-0.15, -0.1) is 0 Å². The van der Waals surface area contributed by atoms with Gasteiger partial charge in [0.25, 0.3) is 0 Å². The molecule has 2 rings (SSSR count). The predicted molar refractivity (Wildman–Crippen MR) is 100 cm³/mol. The second-order valence-corrected chi connectivity index (χ2v) is 7.89. The highest BCUT2D eigenvalue weighted by molar-refractivity contribution is 9.10. The van der Waals surface area contributed by atoms with Crippen LogP contribution in [0.3, 0.4) is 0 Å². The highest BCUT2D eigenvalue weighted by atomic mass is 79.9. The van der Waals surface area contributed by atoms with Crippen LogP contribution in [0.2, 0.25) is 0 Å². The lowest BCUT2D eigenvalue weighted by molar-refractivity contribution is 0.0728. The fourth-order valence-corrected chi connectivity index (χ4v) is 2.56. The van der Waals surface area contributed by atoms with Gasteiger partial charge in [-0.1, -0.05) is 48.8 Å². The molecular weight excluding hydrogens is 368 g/mol. The van der Waals surface area contributed by atoms with Gasteiger partial charge < -0.3 is 9.47 Å². The molecule has 3 nitrogen and oxygen atoms in total. The number of ether oxygens (including phenoxy) is 2. The first-order chi connectivity index (χ1) is 11.2. The van der Waals surface area contributed by atoms with Crippen molar-refractivity contribution in [3.63, 3.8) is 0 Å². The topological polar surface area (TPSA) is 35.5 Å². The summed E-state index contributed by atoms with van der Waals surface area (Å²) in [6.07, 6.45) is -0.0243. The van der Waals surface area contributed by atoms with Crippen LogP contribution in [0.15, 0.2) is 46.9 Å². The molecule has 0 saturated heterocycles. The summed E-state index contributed by atoms with van der Waals surface area (Å²) in [6, 6.07) is 12.9. The minimum absolute atomic E-state index is 0.0243. The van der Waals surface area contributed by atoms with E-state index < -0.39 is 5.97 Å². The molecule has 4 heteroatoms. The Bertz CT molecular complexity index is 713. The molecule has 0 unspecified atom stereocenters. The Morgan fingerprint density at radius 1 is 1.04 bits per heavy atom. The van der Waals surface area contributed by atoms with Gasteiger partial charge in [0.05, 0.1) is 6.10 Å². The molecule has 24 heavy (non-hydrogen) atoms. The highest BCUT2D eigenvalue weighted by Crippen LogP contribution is 2.27. The SMILES string of the molecule is CC(C)Oc1ccc(Br)cc1C(=O)Oc1ccc(C(C)(C)C)cc1. The van der Waals surface area contributed by atoms with Crippen molar-refractivity contribution < 1.29 is 14.3 Å². The summed E-state index contributed by atoms with van der Waals surface area (Å²) in [5, 5.41) is 0. The minimum atomic E-state index is -0.435. The molecule has 0 aliphatic rings. The molecule has 0 spiro atoms. The molecule has 0 fully saturated rings. The van der Waals surface area contributed by atoms with Gasteiger partial charge in [-0.2, -0.15) is 0 Å². The third-order valence-electron chi connectivity index (χ3n) is 3.46. The van der Waals surface area contributed by atoms with Gasteiger partial charge in [0, 0.05) is 4.47 Å². The quantitative estimate of drug-likeness (QED) is 0.492. The van der Waals surface area contributed by atoms with Crippen LogP contribution >= 0.6 is 15.9 Å². The molecule has 128 valence electrons. The van der Waals surface area contributed by atoms with Crippen LogP contribution in [0.25, 0.3) is 0 Å². The van der Waals surface area contributed by atoms with Crippen molar-refractivity contribution in [2.45, 2.75) is 46.1 Å². The van der Waals surface area contributed by atoms with Crippen LogP contribution in [0, 0.1) is 0 Å². The van der Waals surface area contributed by atoms with Crippen molar-refractivity contribution in [2.75, 3.05) is 0 Å². The van der Waals surface area contributed by atoms with E-state index in [0.717, 1.165) is 4.47 Å². The van der Waals surface area contributed by atoms with Crippen molar-refractivity contribution in [2.24, 2.45) is 0 Å². The number of benzene rings is 2. The lowest BCUT2D eigenvalue weighted by Crippen LogP contribution is -2.14. The monoisotopic (exact) mass is 390 g/mol. The van der Waals surface area contributed by atoms with Crippen LogP contribution in [0.1, 0.15) is 50.5 Å². The van der Waals surface area contributed by atoms with Crippen LogP contribution in [0.5, 0.6) is 11.5 Å². The Labute approximate surface area is 152 Å². The summed E-state index contributed by atoms with van der Waals surface area (Å²) in [7, 11) is 0. The molecule has 0 aliphatic heterocycles. The molecule has 2 aromatic carbocycles. The van der Waals surface area contributed by atoms with Crippen LogP contribution in [-0.4, -0.2) is 12.1 Å². The molecule has 0 N–H and O–H groups in total. The molecule has 0 amide bonds. The zero-order chi connectivity index (χ0) is 17.9. The van der Waals surface area contributed by atoms with Crippen molar-refractivity contribution in [1.82, 2.24) is 0 Å². The maximum atomic E-state index is 12.5. The van der Waals surface area contributed by atoms with E-state index in [1.807, 2.05) is 44.2 Å². The fraction of sp³-hybridized carbons (Fsp3) is 0.350. The number of hydrogen-bond donors (Lipinski definition) is 0. The zero-order valence-corrected chi connectivity index (χ0v) is 16.3. The van der Waals surface area contributed by atoms with Gasteiger partial charge in [0.15, 0.2) is 0 Å². The first-order valence-corrected chi connectivity index (χ1v) is 8.75. The van der Waals surface area contributed by atoms with E-state index in [0.29, 0.717) is 17.1 Å². The summed E-state index contributed by atoms with van der Waals surface area (Å²) in [4.78, 5) is 12.5. The highest BCUT2D eigenvalue weighted by Gasteiger charge is 2.18. The van der Waals surface area contributed by atoms with Crippen LogP contribution < -0.4 is 9.47 Å². The van der Waals surface area contributed by atoms with Gasteiger partial charge in [-0.25, -0.2) is 4.79 Å². The average molecular weight is 391 g/mol. The molecule has 0 aliphatic carbocycles. The molecule has 0 bridgehead atoms. The van der Waals surface area contributed by atoms with E-state index in [4.69, 9.17) is 9.47 Å². The van der Waals surface area contributed by atoms with Gasteiger partial charge in [-0.3, -0.25) is 0 Å². The minimum Gasteiger partial charge on any atom is -0.490 e. The Morgan fingerprint density at radius 2 is 1.67 bits per heavy atom. The summed E-state index contributed by atoms with van der Waals surface area (Å²) in [5.41, 5.74) is 1.65. The predicted octanol–water partition coefficient (Wildman–Crippen LogP) is 5.75. The Balaban J connectivity index is 2.22. The average Bonchev–Trinajstić information content (AvgIpc) is 2.48. The molecule has 0 atom stereocenters. The Kier molecular flexibility index (Phi) is 5.70. The molecule has 2 aromatic rings. The van der Waals surface area contributed by atoms with E-state index in [9.17, 15) is 4.79 Å². The molecule has 0 saturated carbocycles. The number of esters is 1. The van der Waals surface area contributed by atoms with E-state index in [1.54, 1.807) is 12.1 Å². The maximum absolute atomic E-state index is 12.5. The summed E-state index contributed by atoms with van der Waals surface area (Å²) in [5.74, 6) is 0.600. The lowest BCUT2D eigenvalue weighted by atomic mass is 9.87. The second kappa shape index (κ2) is 7.39. The third kappa shape index (κ3) is 4.84. The zero-order valence-electron chi connectivity index (χ0n) is 14.7. The number of carbonyl (C=O) groups excluding carboxylic acids is 1. The van der Waals surface area contributed by atoms with Crippen molar-refractivity contribution in [3.05, 3.63) is 58.1 Å². The Morgan fingerprint density at radius 3 is 2.21 bits per heavy atom. The number of carbonyl (C=O) groups is 1. The van der Waals surface area contributed by atoms with Crippen LogP contribution in [-0.2, 0) is 5.41 Å². The molecule has 0 radical (unpaired) electrons. The largest absolute Gasteiger partial charge is 0.490 e. The first-order valence-electron chi connectivity index (χ1n) is 7.96. The fourth-order valence-electron chi connectivity index (χ4n) is 2.20. The summed E-state index contributed by atoms with van der Waals surface area (Å²) < 4.78 is 12.0. The number of rotatable bonds is 4. The standard InChI is InChI=1S/C20H23BrO3/c1-13(2)23-18-11-8-15(21)12-17(18)19(22)24-16-9-6-14(7-10-16)20(3,4)5/h6-13H,1-5H3. The second-order valence-electron chi connectivity index (χ2n) is 6.97. The number of halogens is 1. The van der Waals surface area contributed by atoms with Crippen molar-refractivity contribution >= 4 is 21.9 Å². The van der Waals surface area contributed by atoms with E-state index in [1.165, 1.54) is 5.56 Å². The van der Waals surface area contributed by atoms with Crippen molar-refractivity contribution in [1.29, 1.82) is 0 Å². The molecule has 0 heterocycles. The van der Waals surface area contributed by atoms with Gasteiger partial charge in [-0.05, 0) is 55.2 Å². The summed E-state index contributed by atoms with van der Waals surface area (Å²) in [6.45, 7) is 10.3. The first kappa shape index (κ1) is 18.5. The van der Waals surface area contributed by atoms with E-state index in [-0.39, 0.29) is 11.5 Å². The van der Waals surface area contributed by atoms with Crippen LogP contribution in [0.4, 0.5) is 0 Å². The normalized spacial score (nSPS) is 11.5. The summed E-state index contributed by atoms with van der Waals surface area (Å²) >= 11 is 3.38. The van der Waals surface area contributed by atoms with Gasteiger partial charge in [0.2, 0.25) is 0 Å². The third-order valence-corrected chi connectivity index (χ3v) is 3.95. The Hall–Kier alpha value is -1.81. The van der Waals surface area contributed by atoms with Gasteiger partial charge >= 0.3 is 5.97 Å². The smallest absolute Gasteiger partial charge is 0.347 e. The van der Waals surface area contributed by atoms with E-state index in [2.05, 4.69) is 36.7 Å². The molecular formula is C20H23BrO3. The molecule has 0 aromatic heterocycles. The maximum Gasteiger partial charge on any atom is 0.347 e. The van der Waals surface area contributed by atoms with E-state index >= 15 is 0 Å². The van der Waals surface area contributed by atoms with Gasteiger partial charge in [0.1, 0.15) is 17.1 Å². The number of hydrogen-bond acceptors (Lipinski definition) is 3.